The van der Waals surface area contributed by atoms with Crippen molar-refractivity contribution in [2.75, 3.05) is 0 Å². The van der Waals surface area contributed by atoms with E-state index in [1.165, 1.54) is 6.92 Å². The summed E-state index contributed by atoms with van der Waals surface area (Å²) in [7, 11) is 0. The van der Waals surface area contributed by atoms with E-state index >= 15 is 0 Å². The van der Waals surface area contributed by atoms with Gasteiger partial charge in [-0.3, -0.25) is 9.59 Å². The first-order chi connectivity index (χ1) is 17.2. The number of primary amides is 1. The van der Waals surface area contributed by atoms with Crippen LogP contribution in [0.2, 0.25) is 0 Å². The van der Waals surface area contributed by atoms with Crippen LogP contribution >= 0.6 is 0 Å². The van der Waals surface area contributed by atoms with Crippen molar-refractivity contribution >= 4 is 29.8 Å². The Morgan fingerprint density at radius 2 is 1.92 bits per heavy atom. The van der Waals surface area contributed by atoms with Crippen LogP contribution in [0.1, 0.15) is 32.9 Å². The number of amides is 2. The molecule has 1 aliphatic rings. The average Bonchev–Trinajstić information content (AvgIpc) is 3.45. The van der Waals surface area contributed by atoms with Gasteiger partial charge in [0.25, 0.3) is 0 Å². The molecule has 0 spiro atoms. The topological polar surface area (TPSA) is 147 Å². The monoisotopic (exact) mass is 492 g/mol. The van der Waals surface area contributed by atoms with Crippen molar-refractivity contribution < 1.29 is 24.2 Å². The highest BCUT2D eigenvalue weighted by molar-refractivity contribution is 5.96. The van der Waals surface area contributed by atoms with Crippen LogP contribution in [-0.4, -0.2) is 52.0 Å². The van der Waals surface area contributed by atoms with E-state index in [0.717, 1.165) is 11.3 Å². The smallest absolute Gasteiger partial charge is 0.326 e. The molecule has 0 aliphatic carbocycles. The maximum absolute atomic E-state index is 12.1. The Hall–Kier alpha value is -4.40. The van der Waals surface area contributed by atoms with Gasteiger partial charge in [0.2, 0.25) is 17.7 Å². The lowest BCUT2D eigenvalue weighted by molar-refractivity contribution is -0.142. The van der Waals surface area contributed by atoms with E-state index < -0.39 is 30.2 Å². The molecule has 2 rings (SSSR count). The summed E-state index contributed by atoms with van der Waals surface area (Å²) in [6.07, 6.45) is 19.6. The number of nitrogens with one attached hydrogen (secondary N) is 2. The number of carbonyl (C=O) groups is 3. The Bertz CT molecular complexity index is 1140. The fraction of sp³-hybridized carbons (Fsp3) is 0.259. The zero-order chi connectivity index (χ0) is 26.5. The zero-order valence-electron chi connectivity index (χ0n) is 20.5. The first-order valence-corrected chi connectivity index (χ1v) is 11.4. The number of H-pyrrole nitrogens is 1. The van der Waals surface area contributed by atoms with Gasteiger partial charge in [0, 0.05) is 23.5 Å². The number of rotatable bonds is 12. The predicted molar refractivity (Wildman–Crippen MR) is 140 cm³/mol. The van der Waals surface area contributed by atoms with Crippen molar-refractivity contribution in [2.45, 2.75) is 45.4 Å². The summed E-state index contributed by atoms with van der Waals surface area (Å²) in [5, 5.41) is 11.3. The molecule has 9 nitrogen and oxygen atoms in total. The van der Waals surface area contributed by atoms with Gasteiger partial charge in [0.05, 0.1) is 6.42 Å². The highest BCUT2D eigenvalue weighted by Gasteiger charge is 2.24. The molecule has 2 heterocycles. The molecule has 0 aromatic carbocycles. The number of carbonyl (C=O) groups excluding carboxylic acids is 2. The van der Waals surface area contributed by atoms with Crippen LogP contribution in [0.4, 0.5) is 0 Å². The Morgan fingerprint density at radius 3 is 2.58 bits per heavy atom. The van der Waals surface area contributed by atoms with Crippen molar-refractivity contribution in [1.29, 1.82) is 0 Å². The van der Waals surface area contributed by atoms with Crippen LogP contribution in [-0.2, 0) is 19.1 Å². The van der Waals surface area contributed by atoms with Crippen LogP contribution in [0, 0.1) is 0 Å². The number of hydrogen-bond acceptors (Lipinski definition) is 5. The molecule has 0 saturated heterocycles. The van der Waals surface area contributed by atoms with Gasteiger partial charge in [-0.15, -0.1) is 0 Å². The average molecular weight is 493 g/mol. The standard InChI is InChI=1S/C27H32N4O5/c1-18(16-22-20(3)36-25(30-22)14-13-21-12-9-15-29-21)10-7-5-4-6-8-11-19(2)26(33)31-23(27(34)35)17-24(28)32/h4-16,20,22-23,29H,17H2,1-3H3,(H2,28,32)(H,31,33)(H,34,35)/b5-4+,8-6+,10-7+,14-13+,18-16+,19-11+/t20-,22-,23?/m1/s1. The predicted octanol–water partition coefficient (Wildman–Crippen LogP) is 3.22. The minimum absolute atomic E-state index is 0.0519. The molecule has 1 unspecified atom stereocenters. The molecule has 1 aliphatic heterocycles. The molecule has 36 heavy (non-hydrogen) atoms. The number of ether oxygens (including phenoxy) is 1. The number of aromatic nitrogens is 1. The largest absolute Gasteiger partial charge is 0.480 e. The van der Waals surface area contributed by atoms with E-state index in [0.29, 0.717) is 11.5 Å². The second-order valence-electron chi connectivity index (χ2n) is 8.16. The lowest BCUT2D eigenvalue weighted by Crippen LogP contribution is -2.43. The number of carboxylic acid groups (broad SMARTS) is 1. The minimum Gasteiger partial charge on any atom is -0.480 e. The number of hydrogen-bond donors (Lipinski definition) is 4. The van der Waals surface area contributed by atoms with Gasteiger partial charge in [-0.25, -0.2) is 9.79 Å². The first kappa shape index (κ1) is 27.8. The van der Waals surface area contributed by atoms with Crippen LogP contribution < -0.4 is 11.1 Å². The van der Waals surface area contributed by atoms with Crippen LogP contribution in [0.5, 0.6) is 0 Å². The van der Waals surface area contributed by atoms with Crippen molar-refractivity contribution in [3.8, 4) is 0 Å². The Balaban J connectivity index is 1.85. The van der Waals surface area contributed by atoms with Gasteiger partial charge >= 0.3 is 5.97 Å². The maximum Gasteiger partial charge on any atom is 0.326 e. The number of nitrogens with two attached hydrogens (primary N) is 1. The highest BCUT2D eigenvalue weighted by Crippen LogP contribution is 2.17. The summed E-state index contributed by atoms with van der Waals surface area (Å²) in [6, 6.07) is 2.46. The van der Waals surface area contributed by atoms with Gasteiger partial charge in [-0.05, 0) is 39.0 Å². The van der Waals surface area contributed by atoms with E-state index in [2.05, 4.69) is 15.3 Å². The number of allylic oxidation sites excluding steroid dienone is 8. The first-order valence-electron chi connectivity index (χ1n) is 11.4. The van der Waals surface area contributed by atoms with Crippen LogP contribution in [0.25, 0.3) is 6.08 Å². The third-order valence-corrected chi connectivity index (χ3v) is 5.04. The molecule has 5 N–H and O–H groups in total. The number of aliphatic imine (C=N–C) groups is 1. The van der Waals surface area contributed by atoms with Gasteiger partial charge in [0.1, 0.15) is 18.2 Å². The fourth-order valence-electron chi connectivity index (χ4n) is 3.08. The van der Waals surface area contributed by atoms with E-state index in [1.807, 2.05) is 68.6 Å². The normalized spacial score (nSPS) is 19.8. The van der Waals surface area contributed by atoms with Crippen molar-refractivity contribution in [1.82, 2.24) is 10.3 Å². The minimum atomic E-state index is -1.36. The molecule has 0 bridgehead atoms. The Morgan fingerprint density at radius 1 is 1.19 bits per heavy atom. The van der Waals surface area contributed by atoms with E-state index in [-0.39, 0.29) is 12.1 Å². The maximum atomic E-state index is 12.1. The van der Waals surface area contributed by atoms with Gasteiger partial charge < -0.3 is 25.9 Å². The second kappa shape index (κ2) is 14.1. The molecule has 190 valence electrons. The molecule has 0 fully saturated rings. The van der Waals surface area contributed by atoms with Crippen molar-refractivity contribution in [3.05, 3.63) is 89.9 Å². The second-order valence-corrected chi connectivity index (χ2v) is 8.16. The Labute approximate surface area is 210 Å². The van der Waals surface area contributed by atoms with Crippen molar-refractivity contribution in [3.63, 3.8) is 0 Å². The molecule has 2 amide bonds. The highest BCUT2D eigenvalue weighted by atomic mass is 16.5. The van der Waals surface area contributed by atoms with Gasteiger partial charge in [-0.1, -0.05) is 54.2 Å². The van der Waals surface area contributed by atoms with E-state index in [4.69, 9.17) is 15.6 Å². The number of aromatic amines is 1. The summed E-state index contributed by atoms with van der Waals surface area (Å²) in [6.45, 7) is 5.51. The molecule has 0 radical (unpaired) electrons. The van der Waals surface area contributed by atoms with E-state index in [9.17, 15) is 14.4 Å². The zero-order valence-corrected chi connectivity index (χ0v) is 20.5. The summed E-state index contributed by atoms with van der Waals surface area (Å²) in [5.41, 5.74) is 7.32. The van der Waals surface area contributed by atoms with Crippen LogP contribution in [0.3, 0.4) is 0 Å². The number of carboxylic acids is 1. The molecule has 1 aromatic rings. The molecular weight excluding hydrogens is 460 g/mol. The molecule has 1 aromatic heterocycles. The molecule has 3 atom stereocenters. The van der Waals surface area contributed by atoms with Crippen molar-refractivity contribution in [2.24, 2.45) is 10.7 Å². The number of nitrogens with zero attached hydrogens (tertiary/aromatic N) is 1. The number of aliphatic carboxylic acids is 1. The lowest BCUT2D eigenvalue weighted by atomic mass is 10.1. The lowest BCUT2D eigenvalue weighted by Gasteiger charge is -2.12. The summed E-state index contributed by atoms with van der Waals surface area (Å²) in [5.74, 6) is -2.12. The third kappa shape index (κ3) is 9.84. The SMILES string of the molecule is CC(/C=C/C=C/C=C/C=C(\C)C(=O)NC(CC(N)=O)C(=O)O)=C\[C@H]1N=C(/C=C/c2ccc[nH]2)O[C@@H]1C. The molecular formula is C27H32N4O5. The summed E-state index contributed by atoms with van der Waals surface area (Å²) >= 11 is 0. The molecule has 9 heteroatoms. The third-order valence-electron chi connectivity index (χ3n) is 5.04. The van der Waals surface area contributed by atoms with Crippen LogP contribution in [0.15, 0.2) is 89.2 Å². The summed E-state index contributed by atoms with van der Waals surface area (Å²) in [4.78, 5) is 41.8. The summed E-state index contributed by atoms with van der Waals surface area (Å²) < 4.78 is 5.80. The Kier molecular flexibility index (Phi) is 10.9. The fourth-order valence-corrected chi connectivity index (χ4v) is 3.08. The quantitative estimate of drug-likeness (QED) is 0.261. The van der Waals surface area contributed by atoms with E-state index in [1.54, 1.807) is 24.3 Å². The molecule has 0 saturated carbocycles. The van der Waals surface area contributed by atoms with Gasteiger partial charge in [-0.2, -0.15) is 0 Å². The van der Waals surface area contributed by atoms with Gasteiger partial charge in [0.15, 0.2) is 0 Å².